The largest absolute Gasteiger partial charge is 0.388 e. The monoisotopic (exact) mass is 272 g/mol. The number of rotatable bonds is 3. The molecule has 1 aliphatic rings. The Bertz CT molecular complexity index is 716. The molecule has 0 unspecified atom stereocenters. The molecule has 20 heavy (non-hydrogen) atoms. The first-order valence-electron chi connectivity index (χ1n) is 6.70. The van der Waals surface area contributed by atoms with E-state index in [4.69, 9.17) is 0 Å². The van der Waals surface area contributed by atoms with E-state index < -0.39 is 5.60 Å². The quantitative estimate of drug-likeness (QED) is 0.784. The molecule has 5 heteroatoms. The number of nitrogens with one attached hydrogen (secondary N) is 2. The van der Waals surface area contributed by atoms with Crippen molar-refractivity contribution in [2.24, 2.45) is 0 Å². The number of para-hydroxylation sites is 1. The lowest BCUT2D eigenvalue weighted by Gasteiger charge is -2.36. The number of fused-ring (bicyclic) bond motifs is 1. The van der Waals surface area contributed by atoms with E-state index in [9.17, 15) is 14.7 Å². The van der Waals surface area contributed by atoms with E-state index in [1.54, 1.807) is 18.2 Å². The van der Waals surface area contributed by atoms with Gasteiger partial charge in [-0.15, -0.1) is 0 Å². The average molecular weight is 272 g/mol. The third-order valence-electron chi connectivity index (χ3n) is 3.86. The van der Waals surface area contributed by atoms with Crippen molar-refractivity contribution in [3.8, 4) is 0 Å². The molecule has 1 saturated carbocycles. The van der Waals surface area contributed by atoms with Gasteiger partial charge >= 0.3 is 0 Å². The predicted octanol–water partition coefficient (Wildman–Crippen LogP) is 1.17. The fourth-order valence-electron chi connectivity index (χ4n) is 2.49. The molecule has 3 N–H and O–H groups in total. The van der Waals surface area contributed by atoms with Gasteiger partial charge in [-0.25, -0.2) is 0 Å². The molecule has 1 aromatic carbocycles. The maximum Gasteiger partial charge on any atom is 0.252 e. The maximum atomic E-state index is 12.2. The van der Waals surface area contributed by atoms with E-state index in [1.165, 1.54) is 6.07 Å². The predicted molar refractivity (Wildman–Crippen MR) is 75.7 cm³/mol. The second kappa shape index (κ2) is 4.76. The van der Waals surface area contributed by atoms with Crippen molar-refractivity contribution < 1.29 is 9.90 Å². The van der Waals surface area contributed by atoms with Gasteiger partial charge in [-0.2, -0.15) is 0 Å². The van der Waals surface area contributed by atoms with Gasteiger partial charge in [0.25, 0.3) is 5.91 Å². The van der Waals surface area contributed by atoms with Gasteiger partial charge in [0.2, 0.25) is 5.56 Å². The Morgan fingerprint density at radius 3 is 2.80 bits per heavy atom. The van der Waals surface area contributed by atoms with Gasteiger partial charge < -0.3 is 15.4 Å². The van der Waals surface area contributed by atoms with Crippen LogP contribution in [0.4, 0.5) is 0 Å². The Hall–Kier alpha value is -2.14. The molecule has 0 bridgehead atoms. The third-order valence-corrected chi connectivity index (χ3v) is 3.86. The van der Waals surface area contributed by atoms with Gasteiger partial charge in [0.15, 0.2) is 0 Å². The summed E-state index contributed by atoms with van der Waals surface area (Å²) >= 11 is 0. The smallest absolute Gasteiger partial charge is 0.252 e. The van der Waals surface area contributed by atoms with E-state index in [0.717, 1.165) is 6.42 Å². The number of aromatic amines is 1. The summed E-state index contributed by atoms with van der Waals surface area (Å²) < 4.78 is 0. The molecule has 0 spiro atoms. The van der Waals surface area contributed by atoms with Crippen LogP contribution >= 0.6 is 0 Å². The molecule has 0 aliphatic heterocycles. The summed E-state index contributed by atoms with van der Waals surface area (Å²) in [6.45, 7) is 0.229. The highest BCUT2D eigenvalue weighted by molar-refractivity contribution is 6.05. The number of carbonyl (C=O) groups is 1. The van der Waals surface area contributed by atoms with Gasteiger partial charge in [-0.1, -0.05) is 18.2 Å². The Morgan fingerprint density at radius 1 is 1.35 bits per heavy atom. The van der Waals surface area contributed by atoms with Crippen molar-refractivity contribution in [2.45, 2.75) is 24.9 Å². The van der Waals surface area contributed by atoms with E-state index in [2.05, 4.69) is 10.3 Å². The third kappa shape index (κ3) is 2.32. The minimum atomic E-state index is -0.771. The standard InChI is InChI=1S/C15H16N2O3/c18-13-8-11(10-4-1-2-5-12(10)17-13)14(19)16-9-15(20)6-3-7-15/h1-2,4-5,8,20H,3,6-7,9H2,(H,16,19)(H,17,18). The van der Waals surface area contributed by atoms with Crippen molar-refractivity contribution in [1.82, 2.24) is 10.3 Å². The molecule has 1 aliphatic carbocycles. The Labute approximate surface area is 115 Å². The van der Waals surface area contributed by atoms with E-state index in [1.807, 2.05) is 6.07 Å². The summed E-state index contributed by atoms with van der Waals surface area (Å²) in [5, 5.41) is 13.4. The number of hydrogen-bond donors (Lipinski definition) is 3. The van der Waals surface area contributed by atoms with Crippen molar-refractivity contribution >= 4 is 16.8 Å². The minimum Gasteiger partial charge on any atom is -0.388 e. The zero-order valence-electron chi connectivity index (χ0n) is 11.0. The second-order valence-corrected chi connectivity index (χ2v) is 5.35. The number of amides is 1. The molecule has 1 amide bonds. The van der Waals surface area contributed by atoms with Crippen LogP contribution in [0.3, 0.4) is 0 Å². The van der Waals surface area contributed by atoms with Crippen molar-refractivity contribution in [3.63, 3.8) is 0 Å². The molecule has 0 radical (unpaired) electrons. The Kier molecular flexibility index (Phi) is 3.06. The van der Waals surface area contributed by atoms with Crippen molar-refractivity contribution in [2.75, 3.05) is 6.54 Å². The van der Waals surface area contributed by atoms with E-state index >= 15 is 0 Å². The van der Waals surface area contributed by atoms with Crippen LogP contribution < -0.4 is 10.9 Å². The summed E-state index contributed by atoms with van der Waals surface area (Å²) in [5.41, 5.74) is -0.108. The fourth-order valence-corrected chi connectivity index (χ4v) is 2.49. The normalized spacial score (nSPS) is 16.6. The molecule has 0 saturated heterocycles. The SMILES string of the molecule is O=C(NCC1(O)CCC1)c1cc(=O)[nH]c2ccccc12. The maximum absolute atomic E-state index is 12.2. The molecular formula is C15H16N2O3. The van der Waals surface area contributed by atoms with Gasteiger partial charge in [0.1, 0.15) is 0 Å². The molecule has 2 aromatic rings. The van der Waals surface area contributed by atoms with Crippen molar-refractivity contribution in [1.29, 1.82) is 0 Å². The number of aliphatic hydroxyl groups is 1. The molecular weight excluding hydrogens is 256 g/mol. The van der Waals surface area contributed by atoms with Crippen LogP contribution in [-0.2, 0) is 0 Å². The Morgan fingerprint density at radius 2 is 2.10 bits per heavy atom. The highest BCUT2D eigenvalue weighted by atomic mass is 16.3. The van der Waals surface area contributed by atoms with Crippen LogP contribution in [0.1, 0.15) is 29.6 Å². The van der Waals surface area contributed by atoms with Crippen molar-refractivity contribution in [3.05, 3.63) is 46.2 Å². The number of pyridine rings is 1. The van der Waals surface area contributed by atoms with Gasteiger partial charge in [0, 0.05) is 23.5 Å². The first-order chi connectivity index (χ1) is 9.57. The number of hydrogen-bond acceptors (Lipinski definition) is 3. The average Bonchev–Trinajstić information content (AvgIpc) is 2.41. The van der Waals surface area contributed by atoms with E-state index in [0.29, 0.717) is 29.3 Å². The molecule has 5 nitrogen and oxygen atoms in total. The molecule has 1 aromatic heterocycles. The van der Waals surface area contributed by atoms with Crippen LogP contribution in [-0.4, -0.2) is 28.1 Å². The second-order valence-electron chi connectivity index (χ2n) is 5.35. The van der Waals surface area contributed by atoms with Crippen LogP contribution in [0.5, 0.6) is 0 Å². The zero-order valence-corrected chi connectivity index (χ0v) is 11.0. The zero-order chi connectivity index (χ0) is 14.2. The first kappa shape index (κ1) is 12.9. The van der Waals surface area contributed by atoms with Crippen LogP contribution in [0.25, 0.3) is 10.9 Å². The van der Waals surface area contributed by atoms with E-state index in [-0.39, 0.29) is 18.0 Å². The number of aromatic nitrogens is 1. The highest BCUT2D eigenvalue weighted by Crippen LogP contribution is 2.30. The molecule has 1 fully saturated rings. The number of carbonyl (C=O) groups excluding carboxylic acids is 1. The lowest BCUT2D eigenvalue weighted by Crippen LogP contribution is -2.47. The highest BCUT2D eigenvalue weighted by Gasteiger charge is 2.34. The summed E-state index contributed by atoms with van der Waals surface area (Å²) in [5.74, 6) is -0.326. The Balaban J connectivity index is 1.89. The fraction of sp³-hybridized carbons (Fsp3) is 0.333. The summed E-state index contributed by atoms with van der Waals surface area (Å²) in [6, 6.07) is 8.46. The molecule has 0 atom stereocenters. The number of benzene rings is 1. The summed E-state index contributed by atoms with van der Waals surface area (Å²) in [6.07, 6.45) is 2.41. The van der Waals surface area contributed by atoms with Crippen LogP contribution in [0.2, 0.25) is 0 Å². The first-order valence-corrected chi connectivity index (χ1v) is 6.70. The van der Waals surface area contributed by atoms with Crippen LogP contribution in [0, 0.1) is 0 Å². The topological polar surface area (TPSA) is 82.2 Å². The summed E-state index contributed by atoms with van der Waals surface area (Å²) in [4.78, 5) is 26.5. The molecule has 1 heterocycles. The number of H-pyrrole nitrogens is 1. The van der Waals surface area contributed by atoms with Gasteiger partial charge in [-0.3, -0.25) is 9.59 Å². The lowest BCUT2D eigenvalue weighted by atomic mass is 9.80. The molecule has 3 rings (SSSR count). The van der Waals surface area contributed by atoms with Crippen LogP contribution in [0.15, 0.2) is 35.1 Å². The lowest BCUT2D eigenvalue weighted by molar-refractivity contribution is -0.0300. The summed E-state index contributed by atoms with van der Waals surface area (Å²) in [7, 11) is 0. The minimum absolute atomic E-state index is 0.229. The van der Waals surface area contributed by atoms with Gasteiger partial charge in [0.05, 0.1) is 11.2 Å². The van der Waals surface area contributed by atoms with Gasteiger partial charge in [-0.05, 0) is 25.3 Å². The molecule has 104 valence electrons.